The molecule has 0 aliphatic carbocycles. The van der Waals surface area contributed by atoms with E-state index in [-0.39, 0.29) is 36.9 Å². The summed E-state index contributed by atoms with van der Waals surface area (Å²) in [7, 11) is 0. The number of aryl methyl sites for hydroxylation is 3. The van der Waals surface area contributed by atoms with Gasteiger partial charge in [0.1, 0.15) is 10.4 Å². The first-order valence-corrected chi connectivity index (χ1v) is 27.8. The number of thiophene rings is 1. The van der Waals surface area contributed by atoms with Gasteiger partial charge >= 0.3 is 125 Å². The van der Waals surface area contributed by atoms with E-state index in [2.05, 4.69) is 58.1 Å². The van der Waals surface area contributed by atoms with E-state index in [0.717, 1.165) is 91.9 Å². The van der Waals surface area contributed by atoms with Crippen LogP contribution in [-0.2, 0) is 20.1 Å². The average Bonchev–Trinajstić information content (AvgIpc) is 4.02. The van der Waals surface area contributed by atoms with Gasteiger partial charge in [-0.05, 0) is 41.9 Å². The van der Waals surface area contributed by atoms with E-state index in [0.29, 0.717) is 5.56 Å². The van der Waals surface area contributed by atoms with Gasteiger partial charge in [0.2, 0.25) is 0 Å². The van der Waals surface area contributed by atoms with Gasteiger partial charge in [0.25, 0.3) is 0 Å². The Balaban J connectivity index is 0.000000206. The van der Waals surface area contributed by atoms with Crippen molar-refractivity contribution >= 4 is 82.3 Å². The number of hydrogen-bond donors (Lipinski definition) is 0. The average molecular weight is 1070 g/mol. The minimum absolute atomic E-state index is 0. The minimum atomic E-state index is -2.61. The zero-order valence-corrected chi connectivity index (χ0v) is 38.9. The third-order valence-electron chi connectivity index (χ3n) is 10.8. The van der Waals surface area contributed by atoms with Crippen LogP contribution in [0.2, 0.25) is 17.3 Å². The predicted molar refractivity (Wildman–Crippen MR) is 254 cm³/mol. The molecule has 11 rings (SSSR count). The molecule has 1 radical (unpaired) electrons. The maximum Gasteiger partial charge on any atom is 0.158 e. The standard InChI is InChI=1S/C37H22N3OS.C16H19FGeN.Ir/c1-22-15-17-23(18-16-22)24-19-20-28(35-33(24)27-10-7-21-38-37(27)42-35)36-39-29-11-3-4-12-30(29)40(36)31-13-6-9-26-25-8-2-5-14-32(25)41-34(26)31;1-11-7-6-8-13(16(11)17)15-9-12(2)14(10-19-15)18(3,4)5;/h2-19,21H,1H3;6-7,9-10H,1-5H3;/q2*-1;/i1D3;1D3,2D3;. The normalized spacial score (nSPS) is 14.4. The number of hydrogen-bond acceptors (Lipinski definition) is 5. The molecule has 5 nitrogen and oxygen atoms in total. The summed E-state index contributed by atoms with van der Waals surface area (Å²) >= 11 is -0.904. The van der Waals surface area contributed by atoms with Crippen molar-refractivity contribution in [1.82, 2.24) is 19.5 Å². The summed E-state index contributed by atoms with van der Waals surface area (Å²) in [5.74, 6) is 5.96. The topological polar surface area (TPSA) is 56.7 Å². The van der Waals surface area contributed by atoms with E-state index in [1.807, 2.05) is 84.1 Å². The molecule has 5 aromatic heterocycles. The van der Waals surface area contributed by atoms with E-state index in [4.69, 9.17) is 26.7 Å². The molecule has 62 heavy (non-hydrogen) atoms. The monoisotopic (exact) mass is 1080 g/mol. The maximum atomic E-state index is 14.7. The van der Waals surface area contributed by atoms with Crippen molar-refractivity contribution in [2.75, 3.05) is 0 Å². The molecule has 307 valence electrons. The van der Waals surface area contributed by atoms with Gasteiger partial charge in [-0.2, -0.15) is 11.3 Å². The number of furan rings is 1. The molecule has 6 aromatic carbocycles. The number of fused-ring (bicyclic) bond motifs is 7. The summed E-state index contributed by atoms with van der Waals surface area (Å²) in [6.45, 7) is -7.13. The summed E-state index contributed by atoms with van der Waals surface area (Å²) in [4.78, 5) is 15.0. The van der Waals surface area contributed by atoms with Gasteiger partial charge in [-0.1, -0.05) is 100 Å². The summed E-state index contributed by atoms with van der Waals surface area (Å²) in [6.07, 6.45) is 3.30. The Morgan fingerprint density at radius 3 is 2.39 bits per heavy atom. The Morgan fingerprint density at radius 1 is 0.774 bits per heavy atom. The van der Waals surface area contributed by atoms with Crippen molar-refractivity contribution in [2.45, 2.75) is 37.8 Å². The molecule has 0 unspecified atom stereocenters. The molecular weight excluding hydrogens is 1020 g/mol. The molecule has 0 N–H and O–H groups in total. The van der Waals surface area contributed by atoms with Crippen LogP contribution in [0.25, 0.3) is 92.7 Å². The van der Waals surface area contributed by atoms with Crippen LogP contribution in [0.3, 0.4) is 0 Å². The van der Waals surface area contributed by atoms with Crippen molar-refractivity contribution in [1.29, 1.82) is 0 Å². The molecule has 0 saturated carbocycles. The Bertz CT molecular complexity index is 3820. The Labute approximate surface area is 392 Å². The molecule has 0 bridgehead atoms. The zero-order chi connectivity index (χ0) is 49.5. The molecule has 0 spiro atoms. The fraction of sp³-hybridized carbons (Fsp3) is 0.113. The maximum absolute atomic E-state index is 14.7. The second-order valence-corrected chi connectivity index (χ2v) is 27.3. The van der Waals surface area contributed by atoms with Gasteiger partial charge in [-0.25, -0.2) is 4.98 Å². The van der Waals surface area contributed by atoms with Gasteiger partial charge in [0.15, 0.2) is 5.58 Å². The molecule has 0 fully saturated rings. The number of halogens is 1. The SMILES string of the molecule is [2H]C([2H])([2H])c1cc(-c2[c-]ccc(C([2H])([2H])[2H])c2F)nc[c]1[Ge]([CH3])([CH3])[CH3].[2H]C([2H])([2H])c1ccc(-c2c[c-]c(-c3nc4ccccc4n3-c3cccc4c3oc3ccccc34)c3sc4ncccc4c23)cc1.[Ir]. The van der Waals surface area contributed by atoms with Crippen molar-refractivity contribution in [3.05, 3.63) is 174 Å². The summed E-state index contributed by atoms with van der Waals surface area (Å²) in [5.41, 5.74) is 7.08. The van der Waals surface area contributed by atoms with Crippen LogP contribution in [0.4, 0.5) is 4.39 Å². The Kier molecular flexibility index (Phi) is 8.51. The smallest absolute Gasteiger partial charge is 0.158 e. The van der Waals surface area contributed by atoms with E-state index < -0.39 is 45.2 Å². The van der Waals surface area contributed by atoms with Crippen LogP contribution in [-0.4, -0.2) is 32.8 Å². The molecule has 9 heteroatoms. The minimum Gasteiger partial charge on any atom is -0.454 e. The molecular formula is C53H41FGeIrN4OS-2. The second-order valence-electron chi connectivity index (χ2n) is 15.8. The number of rotatable bonds is 5. The van der Waals surface area contributed by atoms with Crippen molar-refractivity contribution < 1.29 is 41.2 Å². The quantitative estimate of drug-likeness (QED) is 0.127. The van der Waals surface area contributed by atoms with Crippen LogP contribution >= 0.6 is 11.3 Å². The number of benzene rings is 6. The zero-order valence-electron chi connectivity index (χ0n) is 42.6. The van der Waals surface area contributed by atoms with Crippen LogP contribution in [0.15, 0.2) is 144 Å². The third-order valence-corrected chi connectivity index (χ3v) is 16.2. The van der Waals surface area contributed by atoms with Crippen molar-refractivity contribution in [3.8, 4) is 39.5 Å². The fourth-order valence-corrected chi connectivity index (χ4v) is 11.9. The first-order chi connectivity index (χ1) is 33.2. The van der Waals surface area contributed by atoms with Gasteiger partial charge in [-0.15, -0.1) is 12.1 Å². The van der Waals surface area contributed by atoms with Gasteiger partial charge < -0.3 is 8.98 Å². The summed E-state index contributed by atoms with van der Waals surface area (Å²) in [5, 5.41) is 4.19. The number of aromatic nitrogens is 4. The van der Waals surface area contributed by atoms with E-state index in [1.165, 1.54) is 18.3 Å². The predicted octanol–water partition coefficient (Wildman–Crippen LogP) is 14.0. The molecule has 5 heterocycles. The number of nitrogens with zero attached hydrogens (tertiary/aromatic N) is 4. The summed E-state index contributed by atoms with van der Waals surface area (Å²) < 4.78 is 94.1. The van der Waals surface area contributed by atoms with Crippen LogP contribution < -0.4 is 4.40 Å². The summed E-state index contributed by atoms with van der Waals surface area (Å²) in [6, 6.07) is 45.7. The third kappa shape index (κ3) is 7.29. The van der Waals surface area contributed by atoms with Crippen molar-refractivity contribution in [3.63, 3.8) is 0 Å². The van der Waals surface area contributed by atoms with Crippen LogP contribution in [0.1, 0.15) is 29.0 Å². The Morgan fingerprint density at radius 2 is 1.56 bits per heavy atom. The van der Waals surface area contributed by atoms with Crippen LogP contribution in [0, 0.1) is 38.5 Å². The van der Waals surface area contributed by atoms with Gasteiger partial charge in [0.05, 0.1) is 22.5 Å². The van der Waals surface area contributed by atoms with E-state index in [9.17, 15) is 4.39 Å². The fourth-order valence-electron chi connectivity index (χ4n) is 7.90. The van der Waals surface area contributed by atoms with E-state index in [1.54, 1.807) is 23.5 Å². The Hall–Kier alpha value is -5.77. The number of pyridine rings is 2. The van der Waals surface area contributed by atoms with Gasteiger partial charge in [0, 0.05) is 46.6 Å². The molecule has 0 saturated heterocycles. The molecule has 0 amide bonds. The largest absolute Gasteiger partial charge is 0.454 e. The van der Waals surface area contributed by atoms with E-state index >= 15 is 0 Å². The first kappa shape index (κ1) is 32.0. The van der Waals surface area contributed by atoms with Crippen LogP contribution in [0.5, 0.6) is 0 Å². The number of imidazole rings is 1. The second kappa shape index (κ2) is 16.5. The molecule has 11 aromatic rings. The molecule has 0 aliphatic heterocycles. The number of para-hydroxylation sites is 4. The molecule has 0 atom stereocenters. The van der Waals surface area contributed by atoms with Gasteiger partial charge in [-0.3, -0.25) is 4.98 Å². The first-order valence-electron chi connectivity index (χ1n) is 24.1. The van der Waals surface area contributed by atoms with Crippen molar-refractivity contribution in [2.24, 2.45) is 0 Å². The molecule has 0 aliphatic rings.